The fraction of sp³-hybridized carbons (Fsp3) is 0.208. The molecule has 2 amide bonds. The van der Waals surface area contributed by atoms with Crippen LogP contribution in [0.25, 0.3) is 6.08 Å². The molecule has 0 saturated heterocycles. The van der Waals surface area contributed by atoms with E-state index in [1.807, 2.05) is 13.0 Å². The second kappa shape index (κ2) is 12.7. The maximum absolute atomic E-state index is 12.3. The van der Waals surface area contributed by atoms with Crippen LogP contribution >= 0.6 is 11.3 Å². The summed E-state index contributed by atoms with van der Waals surface area (Å²) < 4.78 is 17.1. The van der Waals surface area contributed by atoms with Gasteiger partial charge >= 0.3 is 0 Å². The molecule has 1 aromatic heterocycles. The second-order valence-corrected chi connectivity index (χ2v) is 7.74. The highest BCUT2D eigenvalue weighted by molar-refractivity contribution is 7.13. The van der Waals surface area contributed by atoms with E-state index in [2.05, 4.69) is 20.8 Å². The number of carbonyl (C=O) groups is 2. The number of hydrogen-bond donors (Lipinski definition) is 2. The van der Waals surface area contributed by atoms with Crippen LogP contribution in [0.4, 0.5) is 10.8 Å². The van der Waals surface area contributed by atoms with Gasteiger partial charge in [0.15, 0.2) is 11.5 Å². The fourth-order valence-electron chi connectivity index (χ4n) is 2.86. The molecule has 0 radical (unpaired) electrons. The van der Waals surface area contributed by atoms with E-state index in [9.17, 15) is 14.9 Å². The Balaban J connectivity index is 1.60. The zero-order valence-electron chi connectivity index (χ0n) is 19.1. The lowest BCUT2D eigenvalue weighted by molar-refractivity contribution is -0.114. The Labute approximate surface area is 206 Å². The number of rotatable bonds is 11. The third-order valence-electron chi connectivity index (χ3n) is 4.31. The van der Waals surface area contributed by atoms with Crippen molar-refractivity contribution in [3.63, 3.8) is 0 Å². The van der Waals surface area contributed by atoms with E-state index >= 15 is 0 Å². The van der Waals surface area contributed by atoms with Crippen LogP contribution in [0.5, 0.6) is 17.2 Å². The largest absolute Gasteiger partial charge is 0.490 e. The summed E-state index contributed by atoms with van der Waals surface area (Å²) in [5.41, 5.74) is 2.68. The molecule has 2 N–H and O–H groups in total. The molecule has 35 heavy (non-hydrogen) atoms. The maximum Gasteiger partial charge on any atom is 0.268 e. The maximum atomic E-state index is 12.3. The van der Waals surface area contributed by atoms with E-state index in [1.54, 1.807) is 42.5 Å². The van der Waals surface area contributed by atoms with Crippen molar-refractivity contribution in [2.75, 3.05) is 30.5 Å². The molecule has 0 unspecified atom stereocenters. The molecule has 3 aromatic rings. The first kappa shape index (κ1) is 25.2. The summed E-state index contributed by atoms with van der Waals surface area (Å²) in [5, 5.41) is 22.3. The van der Waals surface area contributed by atoms with Gasteiger partial charge in [-0.2, -0.15) is 5.26 Å². The summed E-state index contributed by atoms with van der Waals surface area (Å²) in [5.74, 6) is 0.904. The normalized spacial score (nSPS) is 10.7. The average molecular weight is 494 g/mol. The van der Waals surface area contributed by atoms with Gasteiger partial charge in [0.25, 0.3) is 5.91 Å². The van der Waals surface area contributed by atoms with Crippen molar-refractivity contribution in [3.05, 3.63) is 59.1 Å². The molecule has 0 aliphatic carbocycles. The number of benzene rings is 2. The van der Waals surface area contributed by atoms with E-state index in [0.29, 0.717) is 40.2 Å². The van der Waals surface area contributed by atoms with Crippen LogP contribution in [0.2, 0.25) is 0 Å². The highest BCUT2D eigenvalue weighted by Gasteiger charge is 2.13. The first-order chi connectivity index (χ1) is 17.0. The van der Waals surface area contributed by atoms with Gasteiger partial charge in [-0.15, -0.1) is 10.2 Å². The van der Waals surface area contributed by atoms with Gasteiger partial charge < -0.3 is 19.5 Å². The number of hydrogen-bond acceptors (Lipinski definition) is 9. The third-order valence-corrected chi connectivity index (χ3v) is 4.92. The van der Waals surface area contributed by atoms with Crippen molar-refractivity contribution in [3.8, 4) is 23.3 Å². The molecule has 0 saturated carbocycles. The van der Waals surface area contributed by atoms with Crippen LogP contribution in [-0.2, 0) is 9.59 Å². The number of ether oxygens (including phenoxy) is 3. The van der Waals surface area contributed by atoms with Gasteiger partial charge in [-0.05, 0) is 55.0 Å². The lowest BCUT2D eigenvalue weighted by atomic mass is 10.1. The monoisotopic (exact) mass is 493 g/mol. The van der Waals surface area contributed by atoms with E-state index in [-0.39, 0.29) is 24.7 Å². The molecule has 1 heterocycles. The molecular formula is C24H23N5O5S. The van der Waals surface area contributed by atoms with Crippen molar-refractivity contribution in [2.24, 2.45) is 0 Å². The molecule has 0 spiro atoms. The number of nitriles is 1. The number of carbonyl (C=O) groups excluding carboxylic acids is 2. The summed E-state index contributed by atoms with van der Waals surface area (Å²) in [6.45, 7) is 4.25. The summed E-state index contributed by atoms with van der Waals surface area (Å²) >= 11 is 1.15. The van der Waals surface area contributed by atoms with Gasteiger partial charge in [-0.3, -0.25) is 14.9 Å². The smallest absolute Gasteiger partial charge is 0.268 e. The summed E-state index contributed by atoms with van der Waals surface area (Å²) in [7, 11) is 0. The topological polar surface area (TPSA) is 135 Å². The van der Waals surface area contributed by atoms with Gasteiger partial charge in [0.1, 0.15) is 36.1 Å². The molecular weight excluding hydrogens is 470 g/mol. The molecule has 3 rings (SSSR count). The zero-order valence-corrected chi connectivity index (χ0v) is 19.9. The molecule has 180 valence electrons. The first-order valence-electron chi connectivity index (χ1n) is 10.6. The van der Waals surface area contributed by atoms with Crippen LogP contribution in [0, 0.1) is 11.3 Å². The van der Waals surface area contributed by atoms with Crippen molar-refractivity contribution < 1.29 is 23.8 Å². The van der Waals surface area contributed by atoms with Gasteiger partial charge in [-0.1, -0.05) is 17.4 Å². The Morgan fingerprint density at radius 2 is 1.83 bits per heavy atom. The van der Waals surface area contributed by atoms with Gasteiger partial charge in [0.2, 0.25) is 11.0 Å². The molecule has 0 atom stereocenters. The molecule has 2 aromatic carbocycles. The molecule has 0 bridgehead atoms. The Hall–Kier alpha value is -4.43. The lowest BCUT2D eigenvalue weighted by Gasteiger charge is -2.13. The second-order valence-electron chi connectivity index (χ2n) is 6.91. The summed E-state index contributed by atoms with van der Waals surface area (Å²) in [6.07, 6.45) is 1.45. The molecule has 0 fully saturated rings. The predicted octanol–water partition coefficient (Wildman–Crippen LogP) is 3.90. The zero-order chi connectivity index (χ0) is 25.0. The van der Waals surface area contributed by atoms with Crippen LogP contribution in [0.3, 0.4) is 0 Å². The minimum Gasteiger partial charge on any atom is -0.490 e. The number of aromatic nitrogens is 2. The highest BCUT2D eigenvalue weighted by Crippen LogP contribution is 2.29. The predicted molar refractivity (Wildman–Crippen MR) is 131 cm³/mol. The Morgan fingerprint density at radius 1 is 1.06 bits per heavy atom. The van der Waals surface area contributed by atoms with Crippen molar-refractivity contribution in [1.29, 1.82) is 5.26 Å². The number of nitrogens with one attached hydrogen (secondary N) is 2. The van der Waals surface area contributed by atoms with Gasteiger partial charge in [-0.25, -0.2) is 0 Å². The minimum absolute atomic E-state index is 0.0887. The van der Waals surface area contributed by atoms with Gasteiger partial charge in [0, 0.05) is 12.6 Å². The third kappa shape index (κ3) is 7.83. The fourth-order valence-corrected chi connectivity index (χ4v) is 3.30. The summed E-state index contributed by atoms with van der Waals surface area (Å²) in [6, 6.07) is 14.0. The van der Waals surface area contributed by atoms with E-state index < -0.39 is 5.91 Å². The Bertz CT molecular complexity index is 1220. The SMILES string of the molecule is CCOc1cc(/C=C(/C#N)C(=O)Nc2nncs2)ccc1OCCOc1ccc(NC(C)=O)cc1. The number of amides is 2. The van der Waals surface area contributed by atoms with E-state index in [1.165, 1.54) is 18.5 Å². The number of nitrogens with zero attached hydrogens (tertiary/aromatic N) is 3. The van der Waals surface area contributed by atoms with Crippen molar-refractivity contribution in [2.45, 2.75) is 13.8 Å². The molecule has 0 aliphatic rings. The van der Waals surface area contributed by atoms with Gasteiger partial charge in [0.05, 0.1) is 6.61 Å². The van der Waals surface area contributed by atoms with Crippen LogP contribution in [-0.4, -0.2) is 41.8 Å². The Morgan fingerprint density at radius 3 is 2.49 bits per heavy atom. The Kier molecular flexibility index (Phi) is 9.15. The molecule has 11 heteroatoms. The molecule has 10 nitrogen and oxygen atoms in total. The highest BCUT2D eigenvalue weighted by atomic mass is 32.1. The van der Waals surface area contributed by atoms with Crippen LogP contribution in [0.1, 0.15) is 19.4 Å². The lowest BCUT2D eigenvalue weighted by Crippen LogP contribution is -2.13. The number of anilines is 2. The minimum atomic E-state index is -0.579. The quantitative estimate of drug-likeness (QED) is 0.233. The first-order valence-corrected chi connectivity index (χ1v) is 11.5. The van der Waals surface area contributed by atoms with Crippen molar-refractivity contribution >= 4 is 40.0 Å². The van der Waals surface area contributed by atoms with E-state index in [0.717, 1.165) is 11.3 Å². The average Bonchev–Trinajstić information content (AvgIpc) is 3.35. The van der Waals surface area contributed by atoms with Crippen LogP contribution in [0.15, 0.2) is 53.5 Å². The summed E-state index contributed by atoms with van der Waals surface area (Å²) in [4.78, 5) is 23.4. The van der Waals surface area contributed by atoms with E-state index in [4.69, 9.17) is 14.2 Å². The standard InChI is InChI=1S/C24H23N5O5S/c1-3-32-22-13-17(12-18(14-25)23(31)28-24-29-26-15-35-24)4-9-21(22)34-11-10-33-20-7-5-19(6-8-20)27-16(2)30/h4-9,12-13,15H,3,10-11H2,1-2H3,(H,27,30)(H,28,29,31)/b18-12-. The molecule has 0 aliphatic heterocycles. The van der Waals surface area contributed by atoms with Crippen LogP contribution < -0.4 is 24.8 Å². The van der Waals surface area contributed by atoms with Crippen molar-refractivity contribution in [1.82, 2.24) is 10.2 Å².